The lowest BCUT2D eigenvalue weighted by atomic mass is 9.97. The summed E-state index contributed by atoms with van der Waals surface area (Å²) in [5.74, 6) is 2.42. The zero-order valence-electron chi connectivity index (χ0n) is 11.3. The van der Waals surface area contributed by atoms with Crippen molar-refractivity contribution in [2.24, 2.45) is 17.8 Å². The molecular formula is C16H21ClFN. The molecule has 0 bridgehead atoms. The molecular weight excluding hydrogens is 261 g/mol. The molecule has 3 atom stereocenters. The summed E-state index contributed by atoms with van der Waals surface area (Å²) in [4.78, 5) is 0. The molecule has 2 fully saturated rings. The molecule has 19 heavy (non-hydrogen) atoms. The third kappa shape index (κ3) is 2.66. The Balaban J connectivity index is 1.72. The Kier molecular flexibility index (Phi) is 3.81. The quantitative estimate of drug-likeness (QED) is 0.859. The highest BCUT2D eigenvalue weighted by atomic mass is 35.5. The topological polar surface area (TPSA) is 12.0 Å². The van der Waals surface area contributed by atoms with E-state index in [1.807, 2.05) is 0 Å². The molecule has 2 aliphatic carbocycles. The van der Waals surface area contributed by atoms with Gasteiger partial charge in [0.2, 0.25) is 0 Å². The lowest BCUT2D eigenvalue weighted by Crippen LogP contribution is -2.34. The lowest BCUT2D eigenvalue weighted by Gasteiger charge is -2.20. The van der Waals surface area contributed by atoms with Crippen LogP contribution < -0.4 is 5.32 Å². The molecule has 3 rings (SSSR count). The number of hydrogen-bond donors (Lipinski definition) is 1. The summed E-state index contributed by atoms with van der Waals surface area (Å²) in [6.45, 7) is 3.07. The van der Waals surface area contributed by atoms with Crippen LogP contribution in [0.1, 0.15) is 31.7 Å². The number of halogens is 2. The van der Waals surface area contributed by atoms with Gasteiger partial charge >= 0.3 is 0 Å². The minimum atomic E-state index is -0.127. The van der Waals surface area contributed by atoms with Gasteiger partial charge in [0, 0.05) is 11.1 Å². The fourth-order valence-electron chi connectivity index (χ4n) is 4.02. The van der Waals surface area contributed by atoms with Crippen LogP contribution in [0.25, 0.3) is 0 Å². The Bertz CT molecular complexity index is 452. The van der Waals surface area contributed by atoms with E-state index < -0.39 is 0 Å². The molecule has 0 heterocycles. The lowest BCUT2D eigenvalue weighted by molar-refractivity contribution is 0.406. The largest absolute Gasteiger partial charge is 0.314 e. The number of hydrogen-bond acceptors (Lipinski definition) is 1. The monoisotopic (exact) mass is 281 g/mol. The number of rotatable bonds is 5. The molecule has 3 unspecified atom stereocenters. The van der Waals surface area contributed by atoms with Crippen LogP contribution in [0.5, 0.6) is 0 Å². The van der Waals surface area contributed by atoms with Crippen LogP contribution in [-0.2, 0) is 6.42 Å². The molecule has 1 N–H and O–H groups in total. The Morgan fingerprint density at radius 2 is 2.11 bits per heavy atom. The highest BCUT2D eigenvalue weighted by molar-refractivity contribution is 6.30. The summed E-state index contributed by atoms with van der Waals surface area (Å²) < 4.78 is 13.9. The summed E-state index contributed by atoms with van der Waals surface area (Å²) in [5, 5.41) is 4.19. The number of benzene rings is 1. The van der Waals surface area contributed by atoms with Crippen LogP contribution in [-0.4, -0.2) is 12.6 Å². The third-order valence-electron chi connectivity index (χ3n) is 4.85. The van der Waals surface area contributed by atoms with E-state index in [-0.39, 0.29) is 5.82 Å². The second-order valence-electron chi connectivity index (χ2n) is 5.94. The van der Waals surface area contributed by atoms with E-state index in [1.54, 1.807) is 12.1 Å². The summed E-state index contributed by atoms with van der Waals surface area (Å²) >= 11 is 5.98. The van der Waals surface area contributed by atoms with E-state index in [0.29, 0.717) is 11.1 Å². The zero-order chi connectivity index (χ0) is 13.4. The third-order valence-corrected chi connectivity index (χ3v) is 5.09. The van der Waals surface area contributed by atoms with Gasteiger partial charge in [-0.1, -0.05) is 24.9 Å². The molecule has 1 nitrogen and oxygen atoms in total. The summed E-state index contributed by atoms with van der Waals surface area (Å²) in [6, 6.07) is 5.29. The van der Waals surface area contributed by atoms with Crippen molar-refractivity contribution in [3.63, 3.8) is 0 Å². The van der Waals surface area contributed by atoms with Crippen molar-refractivity contribution in [3.8, 4) is 0 Å². The molecule has 0 radical (unpaired) electrons. The number of nitrogens with one attached hydrogen (secondary N) is 1. The highest BCUT2D eigenvalue weighted by Crippen LogP contribution is 2.59. The maximum Gasteiger partial charge on any atom is 0.126 e. The molecule has 3 heteroatoms. The first-order valence-corrected chi connectivity index (χ1v) is 7.75. The van der Waals surface area contributed by atoms with Crippen molar-refractivity contribution in [3.05, 3.63) is 34.6 Å². The van der Waals surface area contributed by atoms with Crippen LogP contribution in [0.3, 0.4) is 0 Å². The maximum absolute atomic E-state index is 13.9. The predicted octanol–water partition coefficient (Wildman–Crippen LogP) is 4.05. The molecule has 2 aliphatic rings. The van der Waals surface area contributed by atoms with Crippen LogP contribution in [0, 0.1) is 23.6 Å². The van der Waals surface area contributed by atoms with Crippen LogP contribution in [0.15, 0.2) is 18.2 Å². The molecule has 1 aromatic rings. The smallest absolute Gasteiger partial charge is 0.126 e. The van der Waals surface area contributed by atoms with E-state index in [0.717, 1.165) is 36.3 Å². The van der Waals surface area contributed by atoms with E-state index in [2.05, 4.69) is 12.2 Å². The highest BCUT2D eigenvalue weighted by Gasteiger charge is 2.55. The van der Waals surface area contributed by atoms with Gasteiger partial charge in [-0.05, 0) is 67.3 Å². The van der Waals surface area contributed by atoms with Gasteiger partial charge in [-0.2, -0.15) is 0 Å². The average Bonchev–Trinajstić information content (AvgIpc) is 2.86. The normalized spacial score (nSPS) is 30.2. The van der Waals surface area contributed by atoms with Gasteiger partial charge in [0.15, 0.2) is 0 Å². The molecule has 104 valence electrons. The molecule has 0 spiro atoms. The molecule has 2 saturated carbocycles. The SMILES string of the molecule is CCNC(Cc1cc(Cl)ccc1F)C1C2CCCC21. The Labute approximate surface area is 119 Å². The first kappa shape index (κ1) is 13.4. The van der Waals surface area contributed by atoms with Crippen molar-refractivity contribution in [1.82, 2.24) is 5.32 Å². The molecule has 1 aromatic carbocycles. The van der Waals surface area contributed by atoms with Crippen molar-refractivity contribution < 1.29 is 4.39 Å². The minimum Gasteiger partial charge on any atom is -0.314 e. The van der Waals surface area contributed by atoms with Crippen molar-refractivity contribution in [1.29, 1.82) is 0 Å². The van der Waals surface area contributed by atoms with Crippen molar-refractivity contribution in [2.45, 2.75) is 38.6 Å². The Morgan fingerprint density at radius 3 is 2.79 bits per heavy atom. The van der Waals surface area contributed by atoms with E-state index in [9.17, 15) is 4.39 Å². The predicted molar refractivity (Wildman–Crippen MR) is 76.9 cm³/mol. The first-order chi connectivity index (χ1) is 9.20. The Morgan fingerprint density at radius 1 is 1.37 bits per heavy atom. The van der Waals surface area contributed by atoms with Gasteiger partial charge in [-0.3, -0.25) is 0 Å². The summed E-state index contributed by atoms with van der Waals surface area (Å²) in [7, 11) is 0. The fraction of sp³-hybridized carbons (Fsp3) is 0.625. The van der Waals surface area contributed by atoms with Crippen LogP contribution >= 0.6 is 11.6 Å². The van der Waals surface area contributed by atoms with Gasteiger partial charge in [0.05, 0.1) is 0 Å². The number of likely N-dealkylation sites (N-methyl/N-ethyl adjacent to an activating group) is 1. The average molecular weight is 282 g/mol. The van der Waals surface area contributed by atoms with Gasteiger partial charge in [0.1, 0.15) is 5.82 Å². The Hall–Kier alpha value is -0.600. The van der Waals surface area contributed by atoms with Crippen molar-refractivity contribution in [2.75, 3.05) is 6.54 Å². The first-order valence-electron chi connectivity index (χ1n) is 7.38. The van der Waals surface area contributed by atoms with Crippen LogP contribution in [0.4, 0.5) is 4.39 Å². The van der Waals surface area contributed by atoms with E-state index in [4.69, 9.17) is 11.6 Å². The van der Waals surface area contributed by atoms with Gasteiger partial charge in [-0.15, -0.1) is 0 Å². The second kappa shape index (κ2) is 5.41. The van der Waals surface area contributed by atoms with E-state index >= 15 is 0 Å². The van der Waals surface area contributed by atoms with Crippen molar-refractivity contribution >= 4 is 11.6 Å². The van der Waals surface area contributed by atoms with Crippen LogP contribution in [0.2, 0.25) is 5.02 Å². The standard InChI is InChI=1S/C16H21ClFN/c1-2-19-15(16-12-4-3-5-13(12)16)9-10-8-11(17)6-7-14(10)18/h6-8,12-13,15-16,19H,2-5,9H2,1H3. The molecule has 0 amide bonds. The van der Waals surface area contributed by atoms with Gasteiger partial charge < -0.3 is 5.32 Å². The van der Waals surface area contributed by atoms with Gasteiger partial charge in [-0.25, -0.2) is 4.39 Å². The molecule has 0 aliphatic heterocycles. The zero-order valence-corrected chi connectivity index (χ0v) is 12.1. The van der Waals surface area contributed by atoms with Gasteiger partial charge in [0.25, 0.3) is 0 Å². The molecule has 0 saturated heterocycles. The minimum absolute atomic E-state index is 0.127. The van der Waals surface area contributed by atoms with E-state index in [1.165, 1.54) is 25.3 Å². The fourth-order valence-corrected chi connectivity index (χ4v) is 4.21. The summed E-state index contributed by atoms with van der Waals surface area (Å²) in [5.41, 5.74) is 0.753. The maximum atomic E-state index is 13.9. The second-order valence-corrected chi connectivity index (χ2v) is 6.38. The summed E-state index contributed by atoms with van der Waals surface area (Å²) in [6.07, 6.45) is 4.89. The number of fused-ring (bicyclic) bond motifs is 1. The molecule has 0 aromatic heterocycles.